The van der Waals surface area contributed by atoms with E-state index in [4.69, 9.17) is 9.47 Å². The van der Waals surface area contributed by atoms with Gasteiger partial charge in [-0.25, -0.2) is 0 Å². The van der Waals surface area contributed by atoms with E-state index in [0.29, 0.717) is 5.56 Å². The quantitative estimate of drug-likeness (QED) is 0.386. The molecule has 4 rings (SSSR count). The van der Waals surface area contributed by atoms with Crippen molar-refractivity contribution in [3.05, 3.63) is 58.1 Å². The molecular formula is C21H20O9. The number of aliphatic hydroxyl groups excluding tert-OH is 4. The van der Waals surface area contributed by atoms with Gasteiger partial charge >= 0.3 is 0 Å². The first kappa shape index (κ1) is 20.5. The summed E-state index contributed by atoms with van der Waals surface area (Å²) in [4.78, 5) is 26.1. The Hall–Kier alpha value is -2.82. The topological polar surface area (TPSA) is 154 Å². The normalized spacial score (nSPS) is 28.1. The number of aryl methyl sites for hydroxylation is 1. The lowest BCUT2D eigenvalue weighted by atomic mass is 9.82. The molecule has 1 aliphatic heterocycles. The first-order valence-electron chi connectivity index (χ1n) is 9.27. The Balaban J connectivity index is 1.75. The van der Waals surface area contributed by atoms with E-state index in [1.54, 1.807) is 6.92 Å². The van der Waals surface area contributed by atoms with Crippen molar-refractivity contribution in [2.24, 2.45) is 0 Å². The molecule has 0 amide bonds. The summed E-state index contributed by atoms with van der Waals surface area (Å²) >= 11 is 0. The van der Waals surface area contributed by atoms with Crippen LogP contribution in [0.4, 0.5) is 0 Å². The van der Waals surface area contributed by atoms with Gasteiger partial charge in [0.1, 0.15) is 35.9 Å². The Morgan fingerprint density at radius 3 is 2.40 bits per heavy atom. The second kappa shape index (κ2) is 7.46. The van der Waals surface area contributed by atoms with E-state index in [0.717, 1.165) is 0 Å². The van der Waals surface area contributed by atoms with Gasteiger partial charge in [0, 0.05) is 11.1 Å². The molecule has 2 aliphatic rings. The van der Waals surface area contributed by atoms with Gasteiger partial charge in [0.2, 0.25) is 12.1 Å². The number of carbonyl (C=O) groups excluding carboxylic acids is 2. The van der Waals surface area contributed by atoms with Crippen molar-refractivity contribution in [1.29, 1.82) is 0 Å². The number of rotatable bonds is 3. The summed E-state index contributed by atoms with van der Waals surface area (Å²) < 4.78 is 10.9. The zero-order chi connectivity index (χ0) is 21.7. The van der Waals surface area contributed by atoms with Gasteiger partial charge in [-0.2, -0.15) is 0 Å². The molecule has 0 bridgehead atoms. The van der Waals surface area contributed by atoms with Crippen LogP contribution < -0.4 is 4.74 Å². The molecule has 9 nitrogen and oxygen atoms in total. The van der Waals surface area contributed by atoms with Crippen molar-refractivity contribution in [2.45, 2.75) is 37.6 Å². The monoisotopic (exact) mass is 416 g/mol. The van der Waals surface area contributed by atoms with Crippen LogP contribution in [0.1, 0.15) is 37.4 Å². The number of ether oxygens (including phenoxy) is 2. The van der Waals surface area contributed by atoms with Gasteiger partial charge in [-0.15, -0.1) is 0 Å². The molecule has 0 spiro atoms. The zero-order valence-electron chi connectivity index (χ0n) is 15.8. The molecule has 0 unspecified atom stereocenters. The molecule has 5 atom stereocenters. The van der Waals surface area contributed by atoms with Crippen LogP contribution in [0.2, 0.25) is 0 Å². The number of fused-ring (bicyclic) bond motifs is 2. The maximum Gasteiger partial charge on any atom is 0.229 e. The minimum absolute atomic E-state index is 0.0552. The Bertz CT molecular complexity index is 1030. The van der Waals surface area contributed by atoms with Gasteiger partial charge < -0.3 is 35.0 Å². The Labute approximate surface area is 170 Å². The van der Waals surface area contributed by atoms with Crippen LogP contribution in [0.3, 0.4) is 0 Å². The van der Waals surface area contributed by atoms with Crippen molar-refractivity contribution >= 4 is 11.6 Å². The number of hydrogen-bond donors (Lipinski definition) is 5. The Morgan fingerprint density at radius 1 is 0.967 bits per heavy atom. The van der Waals surface area contributed by atoms with Gasteiger partial charge in [-0.1, -0.05) is 12.1 Å². The van der Waals surface area contributed by atoms with Crippen LogP contribution in [-0.2, 0) is 4.74 Å². The molecule has 0 aromatic heterocycles. The highest BCUT2D eigenvalue weighted by Gasteiger charge is 2.45. The number of benzene rings is 2. The maximum absolute atomic E-state index is 13.1. The molecule has 5 N–H and O–H groups in total. The first-order valence-corrected chi connectivity index (χ1v) is 9.27. The average molecular weight is 416 g/mol. The average Bonchev–Trinajstić information content (AvgIpc) is 2.71. The van der Waals surface area contributed by atoms with Crippen LogP contribution in [0.15, 0.2) is 30.3 Å². The van der Waals surface area contributed by atoms with E-state index in [9.17, 15) is 35.1 Å². The molecule has 1 saturated heterocycles. The number of hydrogen-bond acceptors (Lipinski definition) is 9. The lowest BCUT2D eigenvalue weighted by Gasteiger charge is -2.39. The number of ketones is 2. The number of carbonyl (C=O) groups is 2. The highest BCUT2D eigenvalue weighted by molar-refractivity contribution is 6.30. The molecule has 158 valence electrons. The fourth-order valence-corrected chi connectivity index (χ4v) is 3.80. The van der Waals surface area contributed by atoms with Crippen LogP contribution in [0, 0.1) is 6.92 Å². The summed E-state index contributed by atoms with van der Waals surface area (Å²) in [6.45, 7) is 1.04. The second-order valence-corrected chi connectivity index (χ2v) is 7.36. The maximum atomic E-state index is 13.1. The van der Waals surface area contributed by atoms with Gasteiger partial charge in [0.15, 0.2) is 5.78 Å². The lowest BCUT2D eigenvalue weighted by Crippen LogP contribution is -2.60. The standard InChI is InChI=1S/C21H20O9/c1-8-5-10-14(11(23)6-8)18(26)15-9(16(10)24)3-2-4-12(15)29-21-20(28)19(27)17(25)13(7-22)30-21/h2-6,13,17,19-23,25,27-28H,7H2,1H3/t13-,17+,19+,20-,21-/m1/s1. The lowest BCUT2D eigenvalue weighted by molar-refractivity contribution is -0.277. The summed E-state index contributed by atoms with van der Waals surface area (Å²) in [6.07, 6.45) is -7.63. The fraction of sp³-hybridized carbons (Fsp3) is 0.333. The molecular weight excluding hydrogens is 396 g/mol. The van der Waals surface area contributed by atoms with E-state index in [-0.39, 0.29) is 33.8 Å². The van der Waals surface area contributed by atoms with Crippen molar-refractivity contribution in [1.82, 2.24) is 0 Å². The van der Waals surface area contributed by atoms with E-state index in [1.807, 2.05) is 0 Å². The Morgan fingerprint density at radius 2 is 1.70 bits per heavy atom. The summed E-state index contributed by atoms with van der Waals surface area (Å²) in [5.41, 5.74) is 0.480. The largest absolute Gasteiger partial charge is 0.507 e. The highest BCUT2D eigenvalue weighted by Crippen LogP contribution is 2.38. The molecule has 0 saturated carbocycles. The van der Waals surface area contributed by atoms with Crippen LogP contribution >= 0.6 is 0 Å². The molecule has 1 fully saturated rings. The van der Waals surface area contributed by atoms with Crippen molar-refractivity contribution in [3.63, 3.8) is 0 Å². The third-order valence-electron chi connectivity index (χ3n) is 5.32. The van der Waals surface area contributed by atoms with Gasteiger partial charge in [0.05, 0.1) is 17.7 Å². The zero-order valence-corrected chi connectivity index (χ0v) is 15.8. The summed E-state index contributed by atoms with van der Waals surface area (Å²) in [6, 6.07) is 7.18. The van der Waals surface area contributed by atoms with Crippen molar-refractivity contribution in [3.8, 4) is 11.5 Å². The third-order valence-corrected chi connectivity index (χ3v) is 5.32. The van der Waals surface area contributed by atoms with E-state index >= 15 is 0 Å². The highest BCUT2D eigenvalue weighted by atomic mass is 16.7. The SMILES string of the molecule is Cc1cc(O)c2c(c1)C(=O)c1cccc(O[C@@H]3O[C@H](CO)[C@H](O)[C@H](O)[C@H]3O)c1C2=O. The van der Waals surface area contributed by atoms with Crippen LogP contribution in [0.5, 0.6) is 11.5 Å². The molecule has 2 aromatic rings. The molecule has 1 aliphatic carbocycles. The minimum atomic E-state index is -1.68. The predicted molar refractivity (Wildman–Crippen MR) is 101 cm³/mol. The van der Waals surface area contributed by atoms with E-state index < -0.39 is 48.9 Å². The van der Waals surface area contributed by atoms with Crippen molar-refractivity contribution in [2.75, 3.05) is 6.61 Å². The van der Waals surface area contributed by atoms with E-state index in [1.165, 1.54) is 30.3 Å². The summed E-state index contributed by atoms with van der Waals surface area (Å²) in [5, 5.41) is 49.6. The smallest absolute Gasteiger partial charge is 0.229 e. The van der Waals surface area contributed by atoms with Crippen LogP contribution in [-0.4, -0.2) is 74.4 Å². The fourth-order valence-electron chi connectivity index (χ4n) is 3.80. The van der Waals surface area contributed by atoms with Crippen molar-refractivity contribution < 1.29 is 44.6 Å². The molecule has 9 heteroatoms. The minimum Gasteiger partial charge on any atom is -0.507 e. The number of phenolic OH excluding ortho intramolecular Hbond substituents is 1. The first-order chi connectivity index (χ1) is 14.2. The van der Waals surface area contributed by atoms with E-state index in [2.05, 4.69) is 0 Å². The number of phenols is 1. The molecule has 1 heterocycles. The summed E-state index contributed by atoms with van der Waals surface area (Å²) in [5.74, 6) is -1.56. The third kappa shape index (κ3) is 3.08. The molecule has 2 aromatic carbocycles. The molecule has 30 heavy (non-hydrogen) atoms. The number of aliphatic hydroxyl groups is 4. The van der Waals surface area contributed by atoms with Gasteiger partial charge in [-0.05, 0) is 30.7 Å². The number of aromatic hydroxyl groups is 1. The predicted octanol–water partition coefficient (Wildman–Crippen LogP) is -0.345. The van der Waals surface area contributed by atoms with Crippen LogP contribution in [0.25, 0.3) is 0 Å². The Kier molecular flexibility index (Phi) is 5.08. The summed E-state index contributed by atoms with van der Waals surface area (Å²) in [7, 11) is 0. The molecule has 0 radical (unpaired) electrons. The van der Waals surface area contributed by atoms with Gasteiger partial charge in [-0.3, -0.25) is 9.59 Å². The van der Waals surface area contributed by atoms with Gasteiger partial charge in [0.25, 0.3) is 0 Å². The second-order valence-electron chi connectivity index (χ2n) is 7.36.